The summed E-state index contributed by atoms with van der Waals surface area (Å²) in [6, 6.07) is 15.4. The molecule has 0 spiro atoms. The minimum atomic E-state index is -3.47. The van der Waals surface area contributed by atoms with Gasteiger partial charge < -0.3 is 14.7 Å². The van der Waals surface area contributed by atoms with Crippen LogP contribution in [0.15, 0.2) is 48.5 Å². The maximum atomic E-state index is 13.1. The second kappa shape index (κ2) is 12.8. The lowest BCUT2D eigenvalue weighted by molar-refractivity contribution is -0.137. The zero-order valence-corrected chi connectivity index (χ0v) is 23.6. The highest BCUT2D eigenvalue weighted by atomic mass is 32.2. The Hall–Kier alpha value is -2.91. The number of sulfonamides is 1. The third kappa shape index (κ3) is 9.13. The number of amides is 1. The molecular formula is C29H40N2O6S. The molecule has 1 aliphatic rings. The number of rotatable bonds is 10. The van der Waals surface area contributed by atoms with Crippen LogP contribution in [0.3, 0.4) is 0 Å². The van der Waals surface area contributed by atoms with Gasteiger partial charge in [0.1, 0.15) is 5.60 Å². The molecule has 2 N–H and O–H groups in total. The van der Waals surface area contributed by atoms with Crippen molar-refractivity contribution in [2.45, 2.75) is 83.4 Å². The maximum absolute atomic E-state index is 13.1. The molecule has 0 aliphatic carbocycles. The van der Waals surface area contributed by atoms with Crippen LogP contribution >= 0.6 is 0 Å². The monoisotopic (exact) mass is 544 g/mol. The molecule has 0 saturated carbocycles. The molecule has 8 nitrogen and oxygen atoms in total. The predicted octanol–water partition coefficient (Wildman–Crippen LogP) is 5.01. The lowest BCUT2D eigenvalue weighted by Crippen LogP contribution is -2.58. The Morgan fingerprint density at radius 2 is 1.84 bits per heavy atom. The second-order valence-electron chi connectivity index (χ2n) is 11.0. The van der Waals surface area contributed by atoms with Crippen molar-refractivity contribution >= 4 is 22.1 Å². The number of nitrogens with one attached hydrogen (secondary N) is 1. The fourth-order valence-electron chi connectivity index (χ4n) is 4.99. The first-order chi connectivity index (χ1) is 17.8. The second-order valence-corrected chi connectivity index (χ2v) is 12.8. The Morgan fingerprint density at radius 3 is 2.53 bits per heavy atom. The van der Waals surface area contributed by atoms with Gasteiger partial charge in [0.05, 0.1) is 12.3 Å². The normalized spacial score (nSPS) is 18.3. The molecular weight excluding hydrogens is 504 g/mol. The third-order valence-corrected chi connectivity index (χ3v) is 7.29. The van der Waals surface area contributed by atoms with Crippen molar-refractivity contribution in [3.8, 4) is 11.1 Å². The van der Waals surface area contributed by atoms with E-state index in [1.165, 1.54) is 0 Å². The number of carbonyl (C=O) groups is 2. The van der Waals surface area contributed by atoms with Gasteiger partial charge in [-0.15, -0.1) is 0 Å². The van der Waals surface area contributed by atoms with Gasteiger partial charge in [-0.1, -0.05) is 48.5 Å². The number of hydrogen-bond acceptors (Lipinski definition) is 5. The molecule has 9 heteroatoms. The van der Waals surface area contributed by atoms with Gasteiger partial charge in [0.25, 0.3) is 0 Å². The van der Waals surface area contributed by atoms with Crippen molar-refractivity contribution in [3.05, 3.63) is 59.7 Å². The Balaban J connectivity index is 1.87. The summed E-state index contributed by atoms with van der Waals surface area (Å²) < 4.78 is 32.7. The Morgan fingerprint density at radius 1 is 1.11 bits per heavy atom. The van der Waals surface area contributed by atoms with Gasteiger partial charge in [0.15, 0.2) is 0 Å². The standard InChI is InChI=1S/C29H40N2O6S/c1-29(2,3)37-28(34)31-18-10-16-25(30-38(4,35)36)26(31)20-21-11-9-14-23(19-21)24-15-7-5-12-22(24)13-6-8-17-27(32)33/h5,7,9,11-12,14-15,19,25-26,30H,6,8,10,13,16-18,20H2,1-4H3,(H,32,33). The van der Waals surface area contributed by atoms with Gasteiger partial charge in [-0.2, -0.15) is 0 Å². The number of ether oxygens (including phenoxy) is 1. The van der Waals surface area contributed by atoms with Gasteiger partial charge in [-0.25, -0.2) is 17.9 Å². The molecule has 0 bridgehead atoms. The molecule has 2 aromatic rings. The van der Waals surface area contributed by atoms with Gasteiger partial charge in [-0.05, 0) is 81.5 Å². The number of carboxylic acids is 1. The van der Waals surface area contributed by atoms with E-state index in [2.05, 4.69) is 22.9 Å². The summed E-state index contributed by atoms with van der Waals surface area (Å²) in [5.41, 5.74) is 3.60. The average molecular weight is 545 g/mol. The molecule has 38 heavy (non-hydrogen) atoms. The first-order valence-electron chi connectivity index (χ1n) is 13.2. The van der Waals surface area contributed by atoms with Crippen molar-refractivity contribution < 1.29 is 27.9 Å². The summed E-state index contributed by atoms with van der Waals surface area (Å²) in [5, 5.41) is 8.93. The number of carboxylic acid groups (broad SMARTS) is 1. The first-order valence-corrected chi connectivity index (χ1v) is 15.1. The van der Waals surface area contributed by atoms with Crippen LogP contribution in [-0.2, 0) is 32.4 Å². The molecule has 1 amide bonds. The molecule has 1 saturated heterocycles. The molecule has 1 fully saturated rings. The van der Waals surface area contributed by atoms with E-state index in [1.807, 2.05) is 51.1 Å². The Labute approximate surface area is 226 Å². The Kier molecular flexibility index (Phi) is 9.95. The minimum Gasteiger partial charge on any atom is -0.481 e. The van der Waals surface area contributed by atoms with Crippen molar-refractivity contribution in [3.63, 3.8) is 0 Å². The lowest BCUT2D eigenvalue weighted by atomic mass is 9.89. The molecule has 1 aliphatic heterocycles. The number of aliphatic carboxylic acids is 1. The average Bonchev–Trinajstić information content (AvgIpc) is 2.81. The number of aryl methyl sites for hydroxylation is 1. The molecule has 1 heterocycles. The highest BCUT2D eigenvalue weighted by Crippen LogP contribution is 2.29. The number of hydrogen-bond donors (Lipinski definition) is 2. The molecule has 0 radical (unpaired) electrons. The fourth-order valence-corrected chi connectivity index (χ4v) is 5.81. The number of carbonyl (C=O) groups excluding carboxylic acids is 1. The highest BCUT2D eigenvalue weighted by molar-refractivity contribution is 7.88. The quantitative estimate of drug-likeness (QED) is 0.407. The van der Waals surface area contributed by atoms with Crippen molar-refractivity contribution in [1.82, 2.24) is 9.62 Å². The first kappa shape index (κ1) is 29.6. The molecule has 2 atom stereocenters. The highest BCUT2D eigenvalue weighted by Gasteiger charge is 2.37. The van der Waals surface area contributed by atoms with Crippen LogP contribution in [0.25, 0.3) is 11.1 Å². The van der Waals surface area contributed by atoms with Crippen LogP contribution in [0.5, 0.6) is 0 Å². The summed E-state index contributed by atoms with van der Waals surface area (Å²) in [7, 11) is -3.47. The van der Waals surface area contributed by atoms with Crippen LogP contribution in [-0.4, -0.2) is 61.0 Å². The summed E-state index contributed by atoms with van der Waals surface area (Å²) in [6.45, 7) is 5.95. The summed E-state index contributed by atoms with van der Waals surface area (Å²) in [5.74, 6) is -0.780. The van der Waals surface area contributed by atoms with E-state index < -0.39 is 39.8 Å². The number of unbranched alkanes of at least 4 members (excludes halogenated alkanes) is 1. The smallest absolute Gasteiger partial charge is 0.410 e. The van der Waals surface area contributed by atoms with E-state index in [0.29, 0.717) is 32.2 Å². The zero-order valence-electron chi connectivity index (χ0n) is 22.8. The number of benzene rings is 2. The largest absolute Gasteiger partial charge is 0.481 e. The summed E-state index contributed by atoms with van der Waals surface area (Å²) in [4.78, 5) is 25.6. The van der Waals surface area contributed by atoms with Crippen LogP contribution < -0.4 is 4.72 Å². The van der Waals surface area contributed by atoms with Gasteiger partial charge in [0, 0.05) is 19.0 Å². The fraction of sp³-hybridized carbons (Fsp3) is 0.517. The van der Waals surface area contributed by atoms with Crippen LogP contribution in [0.1, 0.15) is 64.0 Å². The Bertz CT molecular complexity index is 1220. The van der Waals surface area contributed by atoms with Crippen molar-refractivity contribution in [2.75, 3.05) is 12.8 Å². The molecule has 3 rings (SSSR count). The topological polar surface area (TPSA) is 113 Å². The molecule has 0 aromatic heterocycles. The van der Waals surface area contributed by atoms with Crippen LogP contribution in [0.2, 0.25) is 0 Å². The third-order valence-electron chi connectivity index (χ3n) is 6.56. The maximum Gasteiger partial charge on any atom is 0.410 e. The molecule has 2 unspecified atom stereocenters. The molecule has 2 aromatic carbocycles. The van der Waals surface area contributed by atoms with Crippen molar-refractivity contribution in [1.29, 1.82) is 0 Å². The zero-order chi connectivity index (χ0) is 27.9. The number of nitrogens with zero attached hydrogens (tertiary/aromatic N) is 1. The predicted molar refractivity (Wildman–Crippen MR) is 149 cm³/mol. The van der Waals surface area contributed by atoms with Crippen LogP contribution in [0, 0.1) is 0 Å². The van der Waals surface area contributed by atoms with Gasteiger partial charge >= 0.3 is 12.1 Å². The summed E-state index contributed by atoms with van der Waals surface area (Å²) in [6.07, 6.45) is 4.85. The van der Waals surface area contributed by atoms with Gasteiger partial charge in [0.2, 0.25) is 10.0 Å². The lowest BCUT2D eigenvalue weighted by Gasteiger charge is -2.41. The van der Waals surface area contributed by atoms with E-state index in [9.17, 15) is 18.0 Å². The number of piperidine rings is 1. The van der Waals surface area contributed by atoms with E-state index in [1.54, 1.807) is 4.90 Å². The van der Waals surface area contributed by atoms with Gasteiger partial charge in [-0.3, -0.25) is 4.79 Å². The van der Waals surface area contributed by atoms with E-state index in [4.69, 9.17) is 9.84 Å². The SMILES string of the molecule is CC(C)(C)OC(=O)N1CCCC(NS(C)(=O)=O)C1Cc1cccc(-c2ccccc2CCCCC(=O)O)c1. The van der Waals surface area contributed by atoms with E-state index in [0.717, 1.165) is 41.4 Å². The van der Waals surface area contributed by atoms with E-state index in [-0.39, 0.29) is 6.42 Å². The van der Waals surface area contributed by atoms with E-state index >= 15 is 0 Å². The summed E-state index contributed by atoms with van der Waals surface area (Å²) >= 11 is 0. The van der Waals surface area contributed by atoms with Crippen molar-refractivity contribution in [2.24, 2.45) is 0 Å². The van der Waals surface area contributed by atoms with Crippen LogP contribution in [0.4, 0.5) is 4.79 Å². The number of likely N-dealkylation sites (tertiary alicyclic amines) is 1. The molecule has 208 valence electrons. The minimum absolute atomic E-state index is 0.163.